The van der Waals surface area contributed by atoms with E-state index < -0.39 is 0 Å². The van der Waals surface area contributed by atoms with Crippen LogP contribution in [0.3, 0.4) is 0 Å². The molecule has 0 aliphatic rings. The normalized spacial score (nSPS) is 10.2. The molecule has 0 aliphatic heterocycles. The second-order valence-corrected chi connectivity index (χ2v) is 3.48. The van der Waals surface area contributed by atoms with Crippen molar-refractivity contribution in [3.05, 3.63) is 30.5 Å². The highest BCUT2D eigenvalue weighted by molar-refractivity contribution is 5.49. The van der Waals surface area contributed by atoms with Crippen LogP contribution in [0.15, 0.2) is 24.7 Å². The van der Waals surface area contributed by atoms with Gasteiger partial charge in [0.15, 0.2) is 11.6 Å². The highest BCUT2D eigenvalue weighted by atomic mass is 16.5. The Labute approximate surface area is 99.4 Å². The third kappa shape index (κ3) is 3.17. The molecule has 17 heavy (non-hydrogen) atoms. The fourth-order valence-corrected chi connectivity index (χ4v) is 1.34. The molecular formula is C11H15N5O. The van der Waals surface area contributed by atoms with Gasteiger partial charge in [-0.1, -0.05) is 6.92 Å². The zero-order valence-electron chi connectivity index (χ0n) is 9.68. The summed E-state index contributed by atoms with van der Waals surface area (Å²) in [6.45, 7) is 3.29. The Morgan fingerprint density at radius 1 is 1.41 bits per heavy atom. The minimum atomic E-state index is 0.541. The molecule has 0 amide bonds. The first kappa shape index (κ1) is 11.4. The zero-order chi connectivity index (χ0) is 11.9. The van der Waals surface area contributed by atoms with Crippen molar-refractivity contribution < 1.29 is 4.74 Å². The highest BCUT2D eigenvalue weighted by Crippen LogP contribution is 2.21. The SMILES string of the molecule is CCCOc1cccnc1NCc1ncn[nH]1. The summed E-state index contributed by atoms with van der Waals surface area (Å²) < 4.78 is 5.58. The van der Waals surface area contributed by atoms with Crippen LogP contribution in [0.4, 0.5) is 5.82 Å². The van der Waals surface area contributed by atoms with Crippen LogP contribution >= 0.6 is 0 Å². The average molecular weight is 233 g/mol. The maximum Gasteiger partial charge on any atom is 0.169 e. The average Bonchev–Trinajstić information content (AvgIpc) is 2.88. The standard InChI is InChI=1S/C11H15N5O/c1-2-6-17-9-4-3-5-12-11(9)13-7-10-14-8-15-16-10/h3-5,8H,2,6-7H2,1H3,(H,12,13)(H,14,15,16). The fourth-order valence-electron chi connectivity index (χ4n) is 1.34. The molecule has 6 nitrogen and oxygen atoms in total. The van der Waals surface area contributed by atoms with Gasteiger partial charge in [-0.3, -0.25) is 5.10 Å². The maximum absolute atomic E-state index is 5.58. The number of nitrogens with one attached hydrogen (secondary N) is 2. The van der Waals surface area contributed by atoms with Crippen LogP contribution in [0.5, 0.6) is 5.75 Å². The summed E-state index contributed by atoms with van der Waals surface area (Å²) in [5.41, 5.74) is 0. The fraction of sp³-hybridized carbons (Fsp3) is 0.364. The molecule has 0 radical (unpaired) electrons. The van der Waals surface area contributed by atoms with Gasteiger partial charge in [0, 0.05) is 6.20 Å². The van der Waals surface area contributed by atoms with Gasteiger partial charge < -0.3 is 10.1 Å². The molecule has 0 aliphatic carbocycles. The van der Waals surface area contributed by atoms with Gasteiger partial charge in [0.2, 0.25) is 0 Å². The molecule has 0 aromatic carbocycles. The maximum atomic E-state index is 5.58. The molecule has 90 valence electrons. The molecule has 2 aromatic rings. The highest BCUT2D eigenvalue weighted by Gasteiger charge is 2.04. The first-order valence-electron chi connectivity index (χ1n) is 5.56. The number of hydrogen-bond acceptors (Lipinski definition) is 5. The second-order valence-electron chi connectivity index (χ2n) is 3.48. The van der Waals surface area contributed by atoms with Crippen LogP contribution in [-0.2, 0) is 6.54 Å². The second kappa shape index (κ2) is 5.83. The molecule has 2 rings (SSSR count). The number of rotatable bonds is 6. The topological polar surface area (TPSA) is 75.7 Å². The Morgan fingerprint density at radius 3 is 3.12 bits per heavy atom. The number of nitrogens with zero attached hydrogens (tertiary/aromatic N) is 3. The molecule has 6 heteroatoms. The lowest BCUT2D eigenvalue weighted by Gasteiger charge is -2.10. The Hall–Kier alpha value is -2.11. The van der Waals surface area contributed by atoms with E-state index in [0.717, 1.165) is 23.8 Å². The molecule has 0 fully saturated rings. The van der Waals surface area contributed by atoms with Crippen LogP contribution in [0, 0.1) is 0 Å². The third-order valence-electron chi connectivity index (χ3n) is 2.12. The Kier molecular flexibility index (Phi) is 3.90. The molecular weight excluding hydrogens is 218 g/mol. The van der Waals surface area contributed by atoms with Crippen molar-refractivity contribution in [2.75, 3.05) is 11.9 Å². The molecule has 0 spiro atoms. The van der Waals surface area contributed by atoms with Gasteiger partial charge in [-0.15, -0.1) is 0 Å². The molecule has 2 aromatic heterocycles. The largest absolute Gasteiger partial charge is 0.490 e. The smallest absolute Gasteiger partial charge is 0.169 e. The van der Waals surface area contributed by atoms with E-state index in [9.17, 15) is 0 Å². The number of hydrogen-bond donors (Lipinski definition) is 2. The first-order chi connectivity index (χ1) is 8.40. The summed E-state index contributed by atoms with van der Waals surface area (Å²) in [6, 6.07) is 3.75. The lowest BCUT2D eigenvalue weighted by molar-refractivity contribution is 0.318. The van der Waals surface area contributed by atoms with Gasteiger partial charge in [-0.2, -0.15) is 5.10 Å². The van der Waals surface area contributed by atoms with Crippen molar-refractivity contribution in [3.63, 3.8) is 0 Å². The number of ether oxygens (including phenoxy) is 1. The van der Waals surface area contributed by atoms with E-state index in [-0.39, 0.29) is 0 Å². The van der Waals surface area contributed by atoms with Crippen molar-refractivity contribution >= 4 is 5.82 Å². The Bertz CT molecular complexity index is 443. The van der Waals surface area contributed by atoms with E-state index in [1.54, 1.807) is 6.20 Å². The van der Waals surface area contributed by atoms with E-state index in [0.29, 0.717) is 13.2 Å². The van der Waals surface area contributed by atoms with Crippen LogP contribution in [0.25, 0.3) is 0 Å². The van der Waals surface area contributed by atoms with Crippen molar-refractivity contribution in [2.24, 2.45) is 0 Å². The van der Waals surface area contributed by atoms with Gasteiger partial charge >= 0.3 is 0 Å². The van der Waals surface area contributed by atoms with E-state index in [1.807, 2.05) is 12.1 Å². The number of aromatic amines is 1. The molecule has 0 atom stereocenters. The number of anilines is 1. The lowest BCUT2D eigenvalue weighted by Crippen LogP contribution is -2.06. The minimum Gasteiger partial charge on any atom is -0.490 e. The summed E-state index contributed by atoms with van der Waals surface area (Å²) in [7, 11) is 0. The van der Waals surface area contributed by atoms with Gasteiger partial charge in [0.1, 0.15) is 12.2 Å². The van der Waals surface area contributed by atoms with Gasteiger partial charge in [0.25, 0.3) is 0 Å². The first-order valence-corrected chi connectivity index (χ1v) is 5.56. The summed E-state index contributed by atoms with van der Waals surface area (Å²) in [5, 5.41) is 9.71. The summed E-state index contributed by atoms with van der Waals surface area (Å²) >= 11 is 0. The number of aromatic nitrogens is 4. The van der Waals surface area contributed by atoms with Crippen molar-refractivity contribution in [1.29, 1.82) is 0 Å². The Balaban J connectivity index is 1.99. The minimum absolute atomic E-state index is 0.541. The summed E-state index contributed by atoms with van der Waals surface area (Å²) in [4.78, 5) is 8.26. The monoisotopic (exact) mass is 233 g/mol. The molecule has 0 saturated carbocycles. The predicted octanol–water partition coefficient (Wildman–Crippen LogP) is 1.60. The van der Waals surface area contributed by atoms with E-state index in [1.165, 1.54) is 6.33 Å². The van der Waals surface area contributed by atoms with Gasteiger partial charge in [0.05, 0.1) is 13.2 Å². The molecule has 0 saturated heterocycles. The van der Waals surface area contributed by atoms with Crippen molar-refractivity contribution in [2.45, 2.75) is 19.9 Å². The van der Waals surface area contributed by atoms with Crippen LogP contribution in [0.1, 0.15) is 19.2 Å². The van der Waals surface area contributed by atoms with Gasteiger partial charge in [-0.25, -0.2) is 9.97 Å². The number of pyridine rings is 1. The molecule has 0 bridgehead atoms. The van der Waals surface area contributed by atoms with Gasteiger partial charge in [-0.05, 0) is 18.6 Å². The summed E-state index contributed by atoms with van der Waals surface area (Å²) in [5.74, 6) is 2.24. The zero-order valence-corrected chi connectivity index (χ0v) is 9.68. The third-order valence-corrected chi connectivity index (χ3v) is 2.12. The van der Waals surface area contributed by atoms with E-state index in [2.05, 4.69) is 32.4 Å². The number of H-pyrrole nitrogens is 1. The lowest BCUT2D eigenvalue weighted by atomic mass is 10.4. The molecule has 0 unspecified atom stereocenters. The molecule has 2 N–H and O–H groups in total. The van der Waals surface area contributed by atoms with Crippen LogP contribution in [-0.4, -0.2) is 26.8 Å². The van der Waals surface area contributed by atoms with E-state index >= 15 is 0 Å². The van der Waals surface area contributed by atoms with Crippen molar-refractivity contribution in [3.8, 4) is 5.75 Å². The van der Waals surface area contributed by atoms with Crippen LogP contribution in [0.2, 0.25) is 0 Å². The van der Waals surface area contributed by atoms with E-state index in [4.69, 9.17) is 4.74 Å². The summed E-state index contributed by atoms with van der Waals surface area (Å²) in [6.07, 6.45) is 4.17. The van der Waals surface area contributed by atoms with Crippen molar-refractivity contribution in [1.82, 2.24) is 20.2 Å². The Morgan fingerprint density at radius 2 is 2.35 bits per heavy atom. The quantitative estimate of drug-likeness (QED) is 0.792. The molecule has 2 heterocycles. The predicted molar refractivity (Wildman–Crippen MR) is 63.7 cm³/mol. The van der Waals surface area contributed by atoms with Crippen LogP contribution < -0.4 is 10.1 Å².